The van der Waals surface area contributed by atoms with Crippen LogP contribution in [0.4, 0.5) is 0 Å². The summed E-state index contributed by atoms with van der Waals surface area (Å²) in [5.41, 5.74) is -0.0179. The van der Waals surface area contributed by atoms with Crippen molar-refractivity contribution < 1.29 is 9.90 Å². The fourth-order valence-corrected chi connectivity index (χ4v) is 0.975. The maximum atomic E-state index is 10.5. The molecule has 70 valence electrons. The molecule has 14 heavy (non-hydrogen) atoms. The van der Waals surface area contributed by atoms with Crippen LogP contribution in [0.25, 0.3) is 5.82 Å². The minimum absolute atomic E-state index is 0.0179. The number of rotatable bonds is 2. The summed E-state index contributed by atoms with van der Waals surface area (Å²) in [5, 5.41) is 12.4. The number of carboxylic acid groups (broad SMARTS) is 1. The molecule has 0 bridgehead atoms. The van der Waals surface area contributed by atoms with Crippen LogP contribution in [0.3, 0.4) is 0 Å². The van der Waals surface area contributed by atoms with Gasteiger partial charge in [-0.2, -0.15) is 5.10 Å². The van der Waals surface area contributed by atoms with Crippen molar-refractivity contribution in [3.8, 4) is 5.82 Å². The SMILES string of the molecule is O=C(O)c1ccn(-c2cnccn2)n1. The zero-order valence-corrected chi connectivity index (χ0v) is 7.03. The topological polar surface area (TPSA) is 80.9 Å². The number of aromatic nitrogens is 4. The van der Waals surface area contributed by atoms with Gasteiger partial charge in [-0.3, -0.25) is 4.98 Å². The van der Waals surface area contributed by atoms with Crippen LogP contribution in [0.1, 0.15) is 10.5 Å². The molecule has 6 heteroatoms. The molecule has 0 fully saturated rings. The number of nitrogens with zero attached hydrogens (tertiary/aromatic N) is 4. The van der Waals surface area contributed by atoms with E-state index in [4.69, 9.17) is 5.11 Å². The first-order valence-electron chi connectivity index (χ1n) is 3.83. The summed E-state index contributed by atoms with van der Waals surface area (Å²) in [6, 6.07) is 1.40. The molecule has 2 heterocycles. The third kappa shape index (κ3) is 1.45. The van der Waals surface area contributed by atoms with Gasteiger partial charge >= 0.3 is 5.97 Å². The monoisotopic (exact) mass is 190 g/mol. The zero-order valence-electron chi connectivity index (χ0n) is 7.03. The fourth-order valence-electron chi connectivity index (χ4n) is 0.975. The Bertz CT molecular complexity index is 451. The van der Waals surface area contributed by atoms with E-state index in [-0.39, 0.29) is 5.69 Å². The van der Waals surface area contributed by atoms with Gasteiger partial charge in [-0.25, -0.2) is 14.5 Å². The number of hydrogen-bond donors (Lipinski definition) is 1. The van der Waals surface area contributed by atoms with Crippen LogP contribution in [0.2, 0.25) is 0 Å². The van der Waals surface area contributed by atoms with E-state index in [0.717, 1.165) is 0 Å². The Labute approximate surface area is 78.9 Å². The third-order valence-electron chi connectivity index (χ3n) is 1.59. The molecule has 2 rings (SSSR count). The Morgan fingerprint density at radius 1 is 1.43 bits per heavy atom. The first kappa shape index (κ1) is 8.36. The second-order valence-corrected chi connectivity index (χ2v) is 2.51. The van der Waals surface area contributed by atoms with Crippen LogP contribution in [-0.4, -0.2) is 30.8 Å². The van der Waals surface area contributed by atoms with Crippen LogP contribution in [-0.2, 0) is 0 Å². The Balaban J connectivity index is 2.39. The molecule has 2 aromatic heterocycles. The summed E-state index contributed by atoms with van der Waals surface area (Å²) in [5.74, 6) is -0.576. The van der Waals surface area contributed by atoms with Crippen LogP contribution in [0, 0.1) is 0 Å². The highest BCUT2D eigenvalue weighted by molar-refractivity contribution is 5.85. The van der Waals surface area contributed by atoms with Gasteiger partial charge < -0.3 is 5.11 Å². The molecular formula is C8H6N4O2. The molecule has 1 N–H and O–H groups in total. The van der Waals surface area contributed by atoms with Crippen molar-refractivity contribution in [2.24, 2.45) is 0 Å². The van der Waals surface area contributed by atoms with Crippen molar-refractivity contribution in [3.63, 3.8) is 0 Å². The van der Waals surface area contributed by atoms with Gasteiger partial charge in [-0.05, 0) is 6.07 Å². The summed E-state index contributed by atoms with van der Waals surface area (Å²) >= 11 is 0. The van der Waals surface area contributed by atoms with Crippen molar-refractivity contribution >= 4 is 5.97 Å². The number of aromatic carboxylic acids is 1. The number of hydrogen-bond acceptors (Lipinski definition) is 4. The van der Waals surface area contributed by atoms with E-state index < -0.39 is 5.97 Å². The highest BCUT2D eigenvalue weighted by Gasteiger charge is 2.07. The van der Waals surface area contributed by atoms with E-state index in [9.17, 15) is 4.79 Å². The Kier molecular flexibility index (Phi) is 1.94. The van der Waals surface area contributed by atoms with Crippen LogP contribution in [0.5, 0.6) is 0 Å². The first-order valence-corrected chi connectivity index (χ1v) is 3.83. The van der Waals surface area contributed by atoms with E-state index in [2.05, 4.69) is 15.1 Å². The van der Waals surface area contributed by atoms with Crippen molar-refractivity contribution in [2.75, 3.05) is 0 Å². The van der Waals surface area contributed by atoms with E-state index in [0.29, 0.717) is 5.82 Å². The lowest BCUT2D eigenvalue weighted by Gasteiger charge is -1.96. The molecule has 0 atom stereocenters. The maximum Gasteiger partial charge on any atom is 0.356 e. The largest absolute Gasteiger partial charge is 0.476 e. The van der Waals surface area contributed by atoms with Gasteiger partial charge in [-0.1, -0.05) is 0 Å². The molecule has 0 aliphatic carbocycles. The predicted octanol–water partition coefficient (Wildman–Crippen LogP) is 0.360. The van der Waals surface area contributed by atoms with Crippen molar-refractivity contribution in [3.05, 3.63) is 36.5 Å². The Hall–Kier alpha value is -2.24. The zero-order chi connectivity index (χ0) is 9.97. The van der Waals surface area contributed by atoms with E-state index in [1.165, 1.54) is 35.5 Å². The summed E-state index contributed by atoms with van der Waals surface area (Å²) in [6.07, 6.45) is 6.06. The second-order valence-electron chi connectivity index (χ2n) is 2.51. The standard InChI is InChI=1S/C8H6N4O2/c13-8(14)6-1-4-12(11-6)7-5-9-2-3-10-7/h1-5H,(H,13,14). The van der Waals surface area contributed by atoms with Gasteiger partial charge in [0.2, 0.25) is 0 Å². The summed E-state index contributed by atoms with van der Waals surface area (Å²) in [7, 11) is 0. The van der Waals surface area contributed by atoms with Gasteiger partial charge in [0.15, 0.2) is 11.5 Å². The summed E-state index contributed by atoms with van der Waals surface area (Å²) in [6.45, 7) is 0. The molecule has 0 saturated heterocycles. The molecule has 2 aromatic rings. The van der Waals surface area contributed by atoms with Gasteiger partial charge in [-0.15, -0.1) is 0 Å². The molecule has 0 radical (unpaired) electrons. The smallest absolute Gasteiger partial charge is 0.356 e. The van der Waals surface area contributed by atoms with Crippen LogP contribution in [0.15, 0.2) is 30.9 Å². The molecule has 6 nitrogen and oxygen atoms in total. The average Bonchev–Trinajstić information content (AvgIpc) is 2.68. The van der Waals surface area contributed by atoms with Gasteiger partial charge in [0, 0.05) is 18.6 Å². The molecule has 0 aliphatic rings. The van der Waals surface area contributed by atoms with E-state index in [1.807, 2.05) is 0 Å². The second kappa shape index (κ2) is 3.25. The van der Waals surface area contributed by atoms with E-state index >= 15 is 0 Å². The Morgan fingerprint density at radius 3 is 2.86 bits per heavy atom. The highest BCUT2D eigenvalue weighted by Crippen LogP contribution is 2.01. The third-order valence-corrected chi connectivity index (χ3v) is 1.59. The van der Waals surface area contributed by atoms with Gasteiger partial charge in [0.05, 0.1) is 6.20 Å². The van der Waals surface area contributed by atoms with Crippen molar-refractivity contribution in [1.29, 1.82) is 0 Å². The summed E-state index contributed by atoms with van der Waals surface area (Å²) < 4.78 is 1.36. The lowest BCUT2D eigenvalue weighted by molar-refractivity contribution is 0.0690. The van der Waals surface area contributed by atoms with Crippen LogP contribution >= 0.6 is 0 Å². The predicted molar refractivity (Wildman–Crippen MR) is 46.1 cm³/mol. The van der Waals surface area contributed by atoms with Crippen molar-refractivity contribution in [1.82, 2.24) is 19.7 Å². The normalized spacial score (nSPS) is 10.0. The molecule has 0 aliphatic heterocycles. The summed E-state index contributed by atoms with van der Waals surface area (Å²) in [4.78, 5) is 18.3. The quantitative estimate of drug-likeness (QED) is 0.739. The average molecular weight is 190 g/mol. The molecule has 0 saturated carbocycles. The Morgan fingerprint density at radius 2 is 2.29 bits per heavy atom. The maximum absolute atomic E-state index is 10.5. The lowest BCUT2D eigenvalue weighted by atomic mass is 10.5. The first-order chi connectivity index (χ1) is 6.77. The minimum Gasteiger partial charge on any atom is -0.476 e. The molecule has 0 unspecified atom stereocenters. The molecule has 0 spiro atoms. The number of carboxylic acids is 1. The number of carbonyl (C=O) groups is 1. The highest BCUT2D eigenvalue weighted by atomic mass is 16.4. The molecular weight excluding hydrogens is 184 g/mol. The molecule has 0 amide bonds. The van der Waals surface area contributed by atoms with Crippen LogP contribution < -0.4 is 0 Å². The minimum atomic E-state index is -1.06. The van der Waals surface area contributed by atoms with Gasteiger partial charge in [0.25, 0.3) is 0 Å². The lowest BCUT2D eigenvalue weighted by Crippen LogP contribution is -2.02. The van der Waals surface area contributed by atoms with Crippen molar-refractivity contribution in [2.45, 2.75) is 0 Å². The van der Waals surface area contributed by atoms with E-state index in [1.54, 1.807) is 0 Å². The molecule has 0 aromatic carbocycles. The van der Waals surface area contributed by atoms with Gasteiger partial charge in [0.1, 0.15) is 0 Å². The fraction of sp³-hybridized carbons (Fsp3) is 0.